The zero-order chi connectivity index (χ0) is 13.2. The van der Waals surface area contributed by atoms with Gasteiger partial charge in [0.15, 0.2) is 0 Å². The van der Waals surface area contributed by atoms with E-state index >= 15 is 0 Å². The van der Waals surface area contributed by atoms with E-state index in [4.69, 9.17) is 11.6 Å². The minimum atomic E-state index is 0.352. The van der Waals surface area contributed by atoms with E-state index in [1.165, 1.54) is 23.4 Å². The van der Waals surface area contributed by atoms with Crippen molar-refractivity contribution in [3.63, 3.8) is 0 Å². The molecular formula is C15H17ClN2S. The van der Waals surface area contributed by atoms with Crippen LogP contribution >= 0.6 is 22.9 Å². The van der Waals surface area contributed by atoms with E-state index in [-0.39, 0.29) is 0 Å². The Morgan fingerprint density at radius 3 is 2.95 bits per heavy atom. The highest BCUT2D eigenvalue weighted by molar-refractivity contribution is 7.09. The number of benzene rings is 1. The molecule has 2 nitrogen and oxygen atoms in total. The first-order valence-corrected chi connectivity index (χ1v) is 7.89. The summed E-state index contributed by atoms with van der Waals surface area (Å²) in [6.07, 6.45) is 4.25. The van der Waals surface area contributed by atoms with Gasteiger partial charge in [0.2, 0.25) is 0 Å². The summed E-state index contributed by atoms with van der Waals surface area (Å²) in [6, 6.07) is 9.19. The second-order valence-corrected chi connectivity index (χ2v) is 6.54. The molecule has 1 atom stereocenters. The van der Waals surface area contributed by atoms with Gasteiger partial charge in [-0.15, -0.1) is 11.3 Å². The van der Waals surface area contributed by atoms with Gasteiger partial charge in [-0.2, -0.15) is 0 Å². The topological polar surface area (TPSA) is 24.9 Å². The summed E-state index contributed by atoms with van der Waals surface area (Å²) in [7, 11) is 0. The van der Waals surface area contributed by atoms with Gasteiger partial charge in [0.1, 0.15) is 5.01 Å². The maximum atomic E-state index is 6.04. The Labute approximate surface area is 122 Å². The summed E-state index contributed by atoms with van der Waals surface area (Å²) in [5.41, 5.74) is 1.37. The van der Waals surface area contributed by atoms with Gasteiger partial charge in [-0.1, -0.05) is 23.7 Å². The van der Waals surface area contributed by atoms with Crippen LogP contribution in [0.1, 0.15) is 42.3 Å². The van der Waals surface area contributed by atoms with Crippen LogP contribution in [-0.4, -0.2) is 11.0 Å². The summed E-state index contributed by atoms with van der Waals surface area (Å²) in [5.74, 6) is 0.652. The summed E-state index contributed by atoms with van der Waals surface area (Å²) in [6.45, 7) is 2.19. The largest absolute Gasteiger partial charge is 0.305 e. The van der Waals surface area contributed by atoms with Gasteiger partial charge in [0.05, 0.1) is 6.04 Å². The predicted molar refractivity (Wildman–Crippen MR) is 80.9 cm³/mol. The fourth-order valence-corrected chi connectivity index (χ4v) is 3.51. The van der Waals surface area contributed by atoms with Crippen LogP contribution in [0.2, 0.25) is 5.02 Å². The lowest BCUT2D eigenvalue weighted by atomic mass is 9.75. The molecule has 1 heterocycles. The quantitative estimate of drug-likeness (QED) is 0.904. The van der Waals surface area contributed by atoms with Crippen LogP contribution in [0.4, 0.5) is 0 Å². The van der Waals surface area contributed by atoms with Gasteiger partial charge in [0.25, 0.3) is 0 Å². The lowest BCUT2D eigenvalue weighted by Crippen LogP contribution is -2.41. The molecule has 0 bridgehead atoms. The monoisotopic (exact) mass is 292 g/mol. The molecule has 0 amide bonds. The summed E-state index contributed by atoms with van der Waals surface area (Å²) >= 11 is 7.75. The van der Waals surface area contributed by atoms with Crippen molar-refractivity contribution in [2.24, 2.45) is 0 Å². The lowest BCUT2D eigenvalue weighted by molar-refractivity contribution is 0.270. The van der Waals surface area contributed by atoms with E-state index in [1.807, 2.05) is 23.7 Å². The number of thiazole rings is 1. The maximum absolute atomic E-state index is 6.04. The molecule has 4 heteroatoms. The maximum Gasteiger partial charge on any atom is 0.109 e. The fourth-order valence-electron chi connectivity index (χ4n) is 2.66. The standard InChI is InChI=1S/C15H17ClN2S/c1-10(15-17-5-6-19-15)18-14-8-12(9-14)11-3-2-4-13(16)7-11/h2-7,10,12,14,18H,8-9H2,1H3. The Hall–Kier alpha value is -0.900. The molecule has 2 aromatic rings. The third-order valence-electron chi connectivity index (χ3n) is 3.77. The van der Waals surface area contributed by atoms with Crippen molar-refractivity contribution < 1.29 is 0 Å². The number of nitrogens with zero attached hydrogens (tertiary/aromatic N) is 1. The van der Waals surface area contributed by atoms with Crippen LogP contribution in [0.25, 0.3) is 0 Å². The first-order chi connectivity index (χ1) is 9.22. The molecule has 1 fully saturated rings. The van der Waals surface area contributed by atoms with Crippen molar-refractivity contribution in [3.8, 4) is 0 Å². The van der Waals surface area contributed by atoms with Crippen LogP contribution in [0.3, 0.4) is 0 Å². The number of hydrogen-bond acceptors (Lipinski definition) is 3. The first kappa shape index (κ1) is 13.1. The molecule has 1 saturated carbocycles. The smallest absolute Gasteiger partial charge is 0.109 e. The van der Waals surface area contributed by atoms with Gasteiger partial charge in [-0.25, -0.2) is 4.98 Å². The average Bonchev–Trinajstić information content (AvgIpc) is 2.86. The lowest BCUT2D eigenvalue weighted by Gasteiger charge is -2.38. The zero-order valence-corrected chi connectivity index (χ0v) is 12.4. The number of nitrogens with one attached hydrogen (secondary N) is 1. The molecule has 0 saturated heterocycles. The summed E-state index contributed by atoms with van der Waals surface area (Å²) in [4.78, 5) is 4.35. The minimum Gasteiger partial charge on any atom is -0.305 e. The Morgan fingerprint density at radius 2 is 2.26 bits per heavy atom. The van der Waals surface area contributed by atoms with Gasteiger partial charge in [-0.05, 0) is 43.4 Å². The third kappa shape index (κ3) is 2.99. The van der Waals surface area contributed by atoms with Crippen LogP contribution in [0.5, 0.6) is 0 Å². The first-order valence-electron chi connectivity index (χ1n) is 6.63. The van der Waals surface area contributed by atoms with Gasteiger partial charge in [-0.3, -0.25) is 0 Å². The van der Waals surface area contributed by atoms with Gasteiger partial charge in [0, 0.05) is 22.6 Å². The second-order valence-electron chi connectivity index (χ2n) is 5.18. The normalized spacial score (nSPS) is 23.9. The molecular weight excluding hydrogens is 276 g/mol. The second kappa shape index (κ2) is 5.61. The highest BCUT2D eigenvalue weighted by Gasteiger charge is 2.31. The van der Waals surface area contributed by atoms with Crippen molar-refractivity contribution in [2.45, 2.75) is 37.8 Å². The fraction of sp³-hybridized carbons (Fsp3) is 0.400. The van der Waals surface area contributed by atoms with Crippen molar-refractivity contribution in [1.82, 2.24) is 10.3 Å². The molecule has 100 valence electrons. The minimum absolute atomic E-state index is 0.352. The Bertz CT molecular complexity index is 535. The van der Waals surface area contributed by atoms with Crippen LogP contribution in [-0.2, 0) is 0 Å². The van der Waals surface area contributed by atoms with E-state index in [0.717, 1.165) is 5.02 Å². The van der Waals surface area contributed by atoms with Gasteiger partial charge < -0.3 is 5.32 Å². The molecule has 1 unspecified atom stereocenters. The molecule has 1 N–H and O–H groups in total. The van der Waals surface area contributed by atoms with E-state index in [0.29, 0.717) is 18.0 Å². The zero-order valence-electron chi connectivity index (χ0n) is 10.8. The SMILES string of the molecule is CC(NC1CC(c2cccc(Cl)c2)C1)c1nccs1. The van der Waals surface area contributed by atoms with Crippen LogP contribution in [0, 0.1) is 0 Å². The third-order valence-corrected chi connectivity index (χ3v) is 4.96. The predicted octanol–water partition coefficient (Wildman–Crippen LogP) is 4.39. The molecule has 0 aliphatic heterocycles. The van der Waals surface area contributed by atoms with E-state index in [2.05, 4.69) is 29.4 Å². The summed E-state index contributed by atoms with van der Waals surface area (Å²) in [5, 5.41) is 7.69. The van der Waals surface area contributed by atoms with E-state index < -0.39 is 0 Å². The average molecular weight is 293 g/mol. The highest BCUT2D eigenvalue weighted by atomic mass is 35.5. The molecule has 0 radical (unpaired) electrons. The van der Waals surface area contributed by atoms with Crippen molar-refractivity contribution in [1.29, 1.82) is 0 Å². The molecule has 1 aliphatic carbocycles. The van der Waals surface area contributed by atoms with Gasteiger partial charge >= 0.3 is 0 Å². The van der Waals surface area contributed by atoms with Crippen molar-refractivity contribution in [3.05, 3.63) is 51.4 Å². The molecule has 1 aromatic heterocycles. The van der Waals surface area contributed by atoms with Crippen molar-refractivity contribution in [2.75, 3.05) is 0 Å². The van der Waals surface area contributed by atoms with E-state index in [9.17, 15) is 0 Å². The highest BCUT2D eigenvalue weighted by Crippen LogP contribution is 2.38. The van der Waals surface area contributed by atoms with Crippen LogP contribution in [0.15, 0.2) is 35.8 Å². The summed E-state index contributed by atoms with van der Waals surface area (Å²) < 4.78 is 0. The number of aromatic nitrogens is 1. The molecule has 1 aliphatic rings. The van der Waals surface area contributed by atoms with Crippen LogP contribution < -0.4 is 5.32 Å². The molecule has 3 rings (SSSR count). The number of hydrogen-bond donors (Lipinski definition) is 1. The Balaban J connectivity index is 1.53. The van der Waals surface area contributed by atoms with Crippen molar-refractivity contribution >= 4 is 22.9 Å². The van der Waals surface area contributed by atoms with E-state index in [1.54, 1.807) is 11.3 Å². The number of halogens is 1. The number of rotatable bonds is 4. The molecule has 19 heavy (non-hydrogen) atoms. The Morgan fingerprint density at radius 1 is 1.42 bits per heavy atom. The Kier molecular flexibility index (Phi) is 3.87. The molecule has 0 spiro atoms. The molecule has 1 aromatic carbocycles.